The molecule has 0 saturated heterocycles. The van der Waals surface area contributed by atoms with Crippen LogP contribution in [-0.2, 0) is 9.59 Å². The zero-order valence-corrected chi connectivity index (χ0v) is 14.7. The van der Waals surface area contributed by atoms with E-state index in [1.807, 2.05) is 60.7 Å². The average Bonchev–Trinajstić information content (AvgIpc) is 3.48. The lowest BCUT2D eigenvalue weighted by molar-refractivity contribution is -0.122. The first kappa shape index (κ1) is 16.1. The smallest absolute Gasteiger partial charge is 0.182 e. The molecule has 3 aromatic rings. The standard InChI is InChI=1S/C20H14N4.C2H2O2/c1-2-14-10-16-5-6-18(23-16)12-20-8-7-19(24-20)11-17-4-3-15(22-17)9-13(1)21-14;3-1-2-4/h1-12,21,24H;1-2H/i1D;. The number of aldehydes is 2. The summed E-state index contributed by atoms with van der Waals surface area (Å²) in [5, 5.41) is 0. The Morgan fingerprint density at radius 1 is 0.643 bits per heavy atom. The van der Waals surface area contributed by atoms with Crippen LogP contribution in [-0.4, -0.2) is 32.5 Å². The molecule has 8 bridgehead atoms. The molecule has 5 heterocycles. The van der Waals surface area contributed by atoms with E-state index in [9.17, 15) is 0 Å². The topological polar surface area (TPSA) is 91.5 Å². The Kier molecular flexibility index (Phi) is 4.42. The summed E-state index contributed by atoms with van der Waals surface area (Å²) in [7, 11) is 0. The van der Waals surface area contributed by atoms with Crippen LogP contribution >= 0.6 is 0 Å². The van der Waals surface area contributed by atoms with Gasteiger partial charge in [0.05, 0.1) is 24.1 Å². The molecule has 3 aromatic heterocycles. The summed E-state index contributed by atoms with van der Waals surface area (Å²) < 4.78 is 8.14. The van der Waals surface area contributed by atoms with Gasteiger partial charge in [-0.05, 0) is 72.8 Å². The second kappa shape index (κ2) is 7.67. The van der Waals surface area contributed by atoms with Crippen LogP contribution in [0.15, 0.2) is 48.5 Å². The first-order valence-electron chi connectivity index (χ1n) is 9.07. The number of nitrogens with one attached hydrogen (secondary N) is 2. The fraction of sp³-hybridized carbons (Fsp3) is 0. The molecule has 0 fully saturated rings. The predicted octanol–water partition coefficient (Wildman–Crippen LogP) is 4.04. The van der Waals surface area contributed by atoms with Gasteiger partial charge < -0.3 is 9.97 Å². The third kappa shape index (κ3) is 4.02. The number of hydrogen-bond acceptors (Lipinski definition) is 4. The number of fused-ring (bicyclic) bond motifs is 8. The Morgan fingerprint density at radius 3 is 1.50 bits per heavy atom. The minimum absolute atomic E-state index is 0.194. The van der Waals surface area contributed by atoms with Crippen molar-refractivity contribution < 1.29 is 11.0 Å². The van der Waals surface area contributed by atoms with E-state index >= 15 is 0 Å². The fourth-order valence-corrected chi connectivity index (χ4v) is 2.87. The molecule has 28 heavy (non-hydrogen) atoms. The molecule has 0 atom stereocenters. The van der Waals surface area contributed by atoms with Gasteiger partial charge in [0.2, 0.25) is 0 Å². The van der Waals surface area contributed by atoms with Crippen molar-refractivity contribution in [3.05, 3.63) is 71.3 Å². The van der Waals surface area contributed by atoms with Crippen molar-refractivity contribution in [1.82, 2.24) is 19.9 Å². The average molecular weight is 369 g/mol. The van der Waals surface area contributed by atoms with Crippen molar-refractivity contribution in [1.29, 1.82) is 0 Å². The number of nitrogens with zero attached hydrogens (tertiary/aromatic N) is 2. The molecular weight excluding hydrogens is 352 g/mol. The van der Waals surface area contributed by atoms with Crippen LogP contribution in [0.3, 0.4) is 0 Å². The molecule has 6 heteroatoms. The van der Waals surface area contributed by atoms with Gasteiger partial charge >= 0.3 is 0 Å². The van der Waals surface area contributed by atoms with E-state index in [2.05, 4.69) is 19.9 Å². The lowest BCUT2D eigenvalue weighted by atomic mass is 10.3. The third-order valence-corrected chi connectivity index (χ3v) is 4.02. The molecule has 2 aliphatic rings. The minimum atomic E-state index is 0.194. The van der Waals surface area contributed by atoms with Gasteiger partial charge in [0.1, 0.15) is 0 Å². The lowest BCUT2D eigenvalue weighted by Gasteiger charge is -1.85. The van der Waals surface area contributed by atoms with Crippen molar-refractivity contribution in [3.63, 3.8) is 0 Å². The van der Waals surface area contributed by atoms with Crippen LogP contribution in [0.5, 0.6) is 0 Å². The highest BCUT2D eigenvalue weighted by Gasteiger charge is 2.01. The number of H-pyrrole nitrogens is 2. The maximum atomic E-state index is 8.81. The summed E-state index contributed by atoms with van der Waals surface area (Å²) in [6, 6.07) is 14.1. The summed E-state index contributed by atoms with van der Waals surface area (Å²) >= 11 is 0. The monoisotopic (exact) mass is 369 g/mol. The Labute approximate surface area is 161 Å². The van der Waals surface area contributed by atoms with Gasteiger partial charge in [0.15, 0.2) is 12.6 Å². The molecule has 0 saturated carbocycles. The van der Waals surface area contributed by atoms with Crippen molar-refractivity contribution in [3.8, 4) is 0 Å². The van der Waals surface area contributed by atoms with Crippen molar-refractivity contribution in [2.45, 2.75) is 0 Å². The van der Waals surface area contributed by atoms with E-state index < -0.39 is 0 Å². The maximum Gasteiger partial charge on any atom is 0.182 e. The van der Waals surface area contributed by atoms with E-state index in [0.717, 1.165) is 44.8 Å². The Morgan fingerprint density at radius 2 is 1.04 bits per heavy atom. The van der Waals surface area contributed by atoms with Gasteiger partial charge in [-0.25, -0.2) is 9.97 Å². The van der Waals surface area contributed by atoms with Crippen molar-refractivity contribution >= 4 is 58.9 Å². The molecule has 0 spiro atoms. The number of hydrogen-bond donors (Lipinski definition) is 2. The maximum absolute atomic E-state index is 8.81. The third-order valence-electron chi connectivity index (χ3n) is 4.02. The molecule has 2 N–H and O–H groups in total. The van der Waals surface area contributed by atoms with E-state index in [1.165, 1.54) is 0 Å². The summed E-state index contributed by atoms with van der Waals surface area (Å²) in [4.78, 5) is 33.4. The van der Waals surface area contributed by atoms with Crippen LogP contribution in [0.25, 0.3) is 46.4 Å². The van der Waals surface area contributed by atoms with Gasteiger partial charge in [-0.1, -0.05) is 0 Å². The summed E-state index contributed by atoms with van der Waals surface area (Å²) in [6.07, 6.45) is 8.27. The molecule has 0 aromatic carbocycles. The summed E-state index contributed by atoms with van der Waals surface area (Å²) in [6.45, 7) is 0. The quantitative estimate of drug-likeness (QED) is 0.345. The molecule has 6 nitrogen and oxygen atoms in total. The normalized spacial score (nSPS) is 12.1. The molecule has 5 rings (SSSR count). The molecule has 136 valence electrons. The number of aromatic amines is 2. The van der Waals surface area contributed by atoms with E-state index in [1.54, 1.807) is 6.07 Å². The first-order valence-corrected chi connectivity index (χ1v) is 8.57. The van der Waals surface area contributed by atoms with Gasteiger partial charge in [0.25, 0.3) is 0 Å². The predicted molar refractivity (Wildman–Crippen MR) is 111 cm³/mol. The molecule has 0 amide bonds. The van der Waals surface area contributed by atoms with Crippen molar-refractivity contribution in [2.75, 3.05) is 0 Å². The summed E-state index contributed by atoms with van der Waals surface area (Å²) in [5.41, 5.74) is 7.04. The summed E-state index contributed by atoms with van der Waals surface area (Å²) in [5.74, 6) is 0. The van der Waals surface area contributed by atoms with E-state index in [0.29, 0.717) is 6.04 Å². The number of carbonyl (C=O) groups excluding carboxylic acids is 2. The van der Waals surface area contributed by atoms with Crippen LogP contribution in [0.4, 0.5) is 0 Å². The molecule has 0 unspecified atom stereocenters. The van der Waals surface area contributed by atoms with Crippen LogP contribution in [0.1, 0.15) is 24.1 Å². The Hall–Kier alpha value is -4.06. The highest BCUT2D eigenvalue weighted by Crippen LogP contribution is 2.16. The fourth-order valence-electron chi connectivity index (χ4n) is 2.87. The highest BCUT2D eigenvalue weighted by molar-refractivity contribution is 6.09. The van der Waals surface area contributed by atoms with E-state index in [-0.39, 0.29) is 12.6 Å². The highest BCUT2D eigenvalue weighted by atomic mass is 16.2. The van der Waals surface area contributed by atoms with Crippen LogP contribution in [0.2, 0.25) is 0 Å². The van der Waals surface area contributed by atoms with Gasteiger partial charge in [0, 0.05) is 22.1 Å². The number of rotatable bonds is 1. The Balaban J connectivity index is 0.000000472. The van der Waals surface area contributed by atoms with Crippen molar-refractivity contribution in [2.24, 2.45) is 0 Å². The second-order valence-electron chi connectivity index (χ2n) is 6.09. The molecule has 0 radical (unpaired) electrons. The molecule has 2 aliphatic heterocycles. The van der Waals surface area contributed by atoms with Gasteiger partial charge in [-0.3, -0.25) is 9.59 Å². The number of carbonyl (C=O) groups is 2. The lowest BCUT2D eigenvalue weighted by Crippen LogP contribution is -1.75. The zero-order valence-electron chi connectivity index (χ0n) is 15.7. The first-order chi connectivity index (χ1) is 14.1. The Bertz CT molecular complexity index is 1310. The second-order valence-corrected chi connectivity index (χ2v) is 6.09. The van der Waals surface area contributed by atoms with Crippen LogP contribution in [0, 0.1) is 0 Å². The van der Waals surface area contributed by atoms with Gasteiger partial charge in [-0.2, -0.15) is 0 Å². The van der Waals surface area contributed by atoms with E-state index in [4.69, 9.17) is 11.0 Å². The SMILES string of the molecule is O=CC=O.[2H]c1cc2cc3nc(cc4ccc(cc5nc(cc1[nH]2)C=C5)[nH]4)C=C3. The minimum Gasteiger partial charge on any atom is -0.355 e. The molecular formula is C22H16N4O2. The largest absolute Gasteiger partial charge is 0.355 e. The molecule has 0 aliphatic carbocycles. The van der Waals surface area contributed by atoms with Crippen LogP contribution < -0.4 is 0 Å². The number of aromatic nitrogens is 4. The van der Waals surface area contributed by atoms with Gasteiger partial charge in [-0.15, -0.1) is 0 Å². The zero-order chi connectivity index (χ0) is 20.2.